The molecule has 0 aromatic carbocycles. The van der Waals surface area contributed by atoms with Crippen LogP contribution >= 0.6 is 11.6 Å². The topological polar surface area (TPSA) is 47.9 Å². The first kappa shape index (κ1) is 13.7. The SMILES string of the molecule is Cc1nc(OCCCc2ccncc2)ncc1CCl. The summed E-state index contributed by atoms with van der Waals surface area (Å²) in [5.41, 5.74) is 3.06. The third-order valence-corrected chi connectivity index (χ3v) is 3.08. The van der Waals surface area contributed by atoms with E-state index in [1.807, 2.05) is 19.1 Å². The Hall–Kier alpha value is -1.68. The zero-order valence-corrected chi connectivity index (χ0v) is 11.6. The molecule has 0 N–H and O–H groups in total. The van der Waals surface area contributed by atoms with Gasteiger partial charge < -0.3 is 4.74 Å². The molecule has 4 nitrogen and oxygen atoms in total. The molecule has 0 aliphatic rings. The molecule has 2 aromatic rings. The van der Waals surface area contributed by atoms with Gasteiger partial charge in [-0.15, -0.1) is 11.6 Å². The van der Waals surface area contributed by atoms with Crippen LogP contribution in [0.25, 0.3) is 0 Å². The molecule has 0 radical (unpaired) electrons. The van der Waals surface area contributed by atoms with Gasteiger partial charge in [-0.25, -0.2) is 9.97 Å². The summed E-state index contributed by atoms with van der Waals surface area (Å²) in [5.74, 6) is 0.425. The van der Waals surface area contributed by atoms with Crippen LogP contribution in [0.15, 0.2) is 30.7 Å². The van der Waals surface area contributed by atoms with Crippen molar-refractivity contribution in [1.29, 1.82) is 0 Å². The molecule has 5 heteroatoms. The van der Waals surface area contributed by atoms with Crippen LogP contribution in [0.1, 0.15) is 23.2 Å². The number of ether oxygens (including phenoxy) is 1. The third kappa shape index (κ3) is 4.17. The second-order valence-corrected chi connectivity index (χ2v) is 4.47. The lowest BCUT2D eigenvalue weighted by atomic mass is 10.1. The standard InChI is InChI=1S/C14H16ClN3O/c1-11-13(9-15)10-17-14(18-11)19-8-2-3-12-4-6-16-7-5-12/h4-7,10H,2-3,8-9H2,1H3. The first-order valence-electron chi connectivity index (χ1n) is 6.20. The van der Waals surface area contributed by atoms with E-state index in [2.05, 4.69) is 15.0 Å². The van der Waals surface area contributed by atoms with Crippen molar-refractivity contribution in [1.82, 2.24) is 15.0 Å². The largest absolute Gasteiger partial charge is 0.463 e. The summed E-state index contributed by atoms with van der Waals surface area (Å²) in [7, 11) is 0. The zero-order chi connectivity index (χ0) is 13.5. The normalized spacial score (nSPS) is 10.4. The maximum Gasteiger partial charge on any atom is 0.316 e. The fourth-order valence-corrected chi connectivity index (χ4v) is 1.92. The van der Waals surface area contributed by atoms with Crippen molar-refractivity contribution in [3.8, 4) is 6.01 Å². The molecule has 0 aliphatic heterocycles. The Morgan fingerprint density at radius 1 is 1.26 bits per heavy atom. The molecule has 0 fully saturated rings. The van der Waals surface area contributed by atoms with E-state index in [9.17, 15) is 0 Å². The maximum atomic E-state index is 5.75. The van der Waals surface area contributed by atoms with Crippen molar-refractivity contribution in [2.45, 2.75) is 25.6 Å². The number of pyridine rings is 1. The number of hydrogen-bond donors (Lipinski definition) is 0. The van der Waals surface area contributed by atoms with Crippen molar-refractivity contribution < 1.29 is 4.74 Å². The minimum absolute atomic E-state index is 0.418. The number of hydrogen-bond acceptors (Lipinski definition) is 4. The average Bonchev–Trinajstić information content (AvgIpc) is 2.45. The Morgan fingerprint density at radius 2 is 2.05 bits per heavy atom. The van der Waals surface area contributed by atoms with Gasteiger partial charge in [0.2, 0.25) is 0 Å². The second-order valence-electron chi connectivity index (χ2n) is 4.20. The zero-order valence-electron chi connectivity index (χ0n) is 10.8. The lowest BCUT2D eigenvalue weighted by Crippen LogP contribution is -2.04. The minimum Gasteiger partial charge on any atom is -0.463 e. The summed E-state index contributed by atoms with van der Waals surface area (Å²) < 4.78 is 5.53. The molecule has 0 amide bonds. The van der Waals surface area contributed by atoms with Crippen molar-refractivity contribution in [2.75, 3.05) is 6.61 Å². The molecule has 19 heavy (non-hydrogen) atoms. The van der Waals surface area contributed by atoms with E-state index in [0.29, 0.717) is 18.5 Å². The van der Waals surface area contributed by atoms with Gasteiger partial charge in [-0.3, -0.25) is 4.98 Å². The lowest BCUT2D eigenvalue weighted by Gasteiger charge is -2.06. The monoisotopic (exact) mass is 277 g/mol. The Labute approximate surface area is 117 Å². The molecule has 0 bridgehead atoms. The molecule has 0 spiro atoms. The second kappa shape index (κ2) is 7.04. The van der Waals surface area contributed by atoms with Crippen molar-refractivity contribution >= 4 is 11.6 Å². The summed E-state index contributed by atoms with van der Waals surface area (Å²) in [6.45, 7) is 2.51. The molecule has 2 heterocycles. The molecule has 0 unspecified atom stereocenters. The number of alkyl halides is 1. The fourth-order valence-electron chi connectivity index (χ4n) is 1.66. The van der Waals surface area contributed by atoms with Crippen LogP contribution in [-0.4, -0.2) is 21.6 Å². The van der Waals surface area contributed by atoms with Gasteiger partial charge in [0.15, 0.2) is 0 Å². The highest BCUT2D eigenvalue weighted by atomic mass is 35.5. The number of halogens is 1. The number of aryl methyl sites for hydroxylation is 2. The van der Waals surface area contributed by atoms with Crippen LogP contribution in [0.4, 0.5) is 0 Å². The van der Waals surface area contributed by atoms with E-state index in [1.165, 1.54) is 5.56 Å². The van der Waals surface area contributed by atoms with Gasteiger partial charge in [-0.2, -0.15) is 0 Å². The summed E-state index contributed by atoms with van der Waals surface area (Å²) in [6.07, 6.45) is 7.19. The van der Waals surface area contributed by atoms with E-state index in [1.54, 1.807) is 18.6 Å². The minimum atomic E-state index is 0.418. The molecule has 0 saturated heterocycles. The van der Waals surface area contributed by atoms with Crippen molar-refractivity contribution in [3.05, 3.63) is 47.5 Å². The molecule has 2 rings (SSSR count). The van der Waals surface area contributed by atoms with Crippen LogP contribution in [-0.2, 0) is 12.3 Å². The molecular formula is C14H16ClN3O. The van der Waals surface area contributed by atoms with E-state index in [0.717, 1.165) is 24.1 Å². The van der Waals surface area contributed by atoms with Crippen molar-refractivity contribution in [3.63, 3.8) is 0 Å². The highest BCUT2D eigenvalue weighted by molar-refractivity contribution is 6.17. The van der Waals surface area contributed by atoms with E-state index < -0.39 is 0 Å². The Balaban J connectivity index is 1.78. The smallest absolute Gasteiger partial charge is 0.316 e. The van der Waals surface area contributed by atoms with E-state index in [-0.39, 0.29) is 0 Å². The molecule has 100 valence electrons. The average molecular weight is 278 g/mol. The molecule has 0 aliphatic carbocycles. The predicted octanol–water partition coefficient (Wildman–Crippen LogP) is 2.93. The Kier molecular flexibility index (Phi) is 5.10. The quantitative estimate of drug-likeness (QED) is 0.602. The van der Waals surface area contributed by atoms with Gasteiger partial charge in [0, 0.05) is 29.8 Å². The highest BCUT2D eigenvalue weighted by Gasteiger charge is 2.03. The van der Waals surface area contributed by atoms with Crippen LogP contribution < -0.4 is 4.74 Å². The molecule has 0 saturated carbocycles. The van der Waals surface area contributed by atoms with Crippen LogP contribution in [0, 0.1) is 6.92 Å². The van der Waals surface area contributed by atoms with Gasteiger partial charge in [0.05, 0.1) is 12.5 Å². The fraction of sp³-hybridized carbons (Fsp3) is 0.357. The van der Waals surface area contributed by atoms with Gasteiger partial charge >= 0.3 is 6.01 Å². The van der Waals surface area contributed by atoms with E-state index >= 15 is 0 Å². The first-order chi connectivity index (χ1) is 9.29. The van der Waals surface area contributed by atoms with Crippen molar-refractivity contribution in [2.24, 2.45) is 0 Å². The Morgan fingerprint density at radius 3 is 2.74 bits per heavy atom. The Bertz CT molecular complexity index is 519. The lowest BCUT2D eigenvalue weighted by molar-refractivity contribution is 0.286. The van der Waals surface area contributed by atoms with Gasteiger partial charge in [-0.1, -0.05) is 0 Å². The van der Waals surface area contributed by atoms with Gasteiger partial charge in [0.25, 0.3) is 0 Å². The number of nitrogens with zero attached hydrogens (tertiary/aromatic N) is 3. The predicted molar refractivity (Wildman–Crippen MR) is 74.4 cm³/mol. The van der Waals surface area contributed by atoms with Gasteiger partial charge in [0.1, 0.15) is 0 Å². The highest BCUT2D eigenvalue weighted by Crippen LogP contribution is 2.11. The molecular weight excluding hydrogens is 262 g/mol. The van der Waals surface area contributed by atoms with E-state index in [4.69, 9.17) is 16.3 Å². The van der Waals surface area contributed by atoms with Crippen LogP contribution in [0.2, 0.25) is 0 Å². The molecule has 2 aromatic heterocycles. The summed E-state index contributed by atoms with van der Waals surface area (Å²) >= 11 is 5.75. The van der Waals surface area contributed by atoms with Crippen LogP contribution in [0.5, 0.6) is 6.01 Å². The van der Waals surface area contributed by atoms with Crippen LogP contribution in [0.3, 0.4) is 0 Å². The molecule has 0 atom stereocenters. The third-order valence-electron chi connectivity index (χ3n) is 2.79. The van der Waals surface area contributed by atoms with Gasteiger partial charge in [-0.05, 0) is 37.5 Å². The number of rotatable bonds is 6. The summed E-state index contributed by atoms with van der Waals surface area (Å²) in [5, 5.41) is 0. The number of aromatic nitrogens is 3. The summed E-state index contributed by atoms with van der Waals surface area (Å²) in [6, 6.07) is 4.44. The maximum absolute atomic E-state index is 5.75. The summed E-state index contributed by atoms with van der Waals surface area (Å²) in [4.78, 5) is 12.4. The first-order valence-corrected chi connectivity index (χ1v) is 6.73.